The summed E-state index contributed by atoms with van der Waals surface area (Å²) in [7, 11) is 0. The number of anilines is 2. The zero-order valence-electron chi connectivity index (χ0n) is 15.5. The van der Waals surface area contributed by atoms with E-state index in [0.29, 0.717) is 29.1 Å². The fourth-order valence-electron chi connectivity index (χ4n) is 2.92. The van der Waals surface area contributed by atoms with Crippen LogP contribution in [0.15, 0.2) is 61.2 Å². The molecule has 4 rings (SSSR count). The number of aromatic nitrogens is 3. The molecule has 1 aromatic carbocycles. The van der Waals surface area contributed by atoms with Gasteiger partial charge in [0, 0.05) is 18.7 Å². The summed E-state index contributed by atoms with van der Waals surface area (Å²) in [5, 5.41) is 3.12. The summed E-state index contributed by atoms with van der Waals surface area (Å²) in [5.74, 6) is 0.0912. The number of aromatic amines is 1. The van der Waals surface area contributed by atoms with Gasteiger partial charge in [-0.1, -0.05) is 12.1 Å². The molecule has 3 heterocycles. The Morgan fingerprint density at radius 3 is 2.53 bits per heavy atom. The number of benzene rings is 1. The number of hydrogen-bond acceptors (Lipinski definition) is 4. The van der Waals surface area contributed by atoms with Gasteiger partial charge in [0.05, 0.1) is 47.7 Å². The van der Waals surface area contributed by atoms with Crippen molar-refractivity contribution in [3.8, 4) is 5.75 Å². The number of ether oxygens (including phenoxy) is 1. The zero-order chi connectivity index (χ0) is 21.1. The number of alkyl halides is 3. The van der Waals surface area contributed by atoms with Crippen LogP contribution in [0.25, 0.3) is 11.0 Å². The summed E-state index contributed by atoms with van der Waals surface area (Å²) in [6, 6.07) is 8.46. The van der Waals surface area contributed by atoms with E-state index in [9.17, 15) is 17.6 Å². The van der Waals surface area contributed by atoms with E-state index in [0.717, 1.165) is 17.7 Å². The van der Waals surface area contributed by atoms with Crippen molar-refractivity contribution in [2.75, 3.05) is 11.9 Å². The van der Waals surface area contributed by atoms with Crippen LogP contribution < -0.4 is 10.1 Å². The molecule has 0 aliphatic heterocycles. The fraction of sp³-hybridized carbons (Fsp3) is 0.143. The minimum absolute atomic E-state index is 0.263. The van der Waals surface area contributed by atoms with E-state index in [1.807, 2.05) is 0 Å². The number of halogens is 4. The summed E-state index contributed by atoms with van der Waals surface area (Å²) in [5.41, 5.74) is 2.18. The third-order valence-electron chi connectivity index (χ3n) is 4.41. The standard InChI is InChI=1S/C21H16F4N4O/c22-18-12-27-19-8-16(10-28-20(18)19)29-15-7-17(11-26-9-15)30-6-5-13-1-3-14(4-2-13)21(23,24)25/h1-4,7-12,27,29H,5-6H2. The number of nitrogens with zero attached hydrogens (tertiary/aromatic N) is 2. The van der Waals surface area contributed by atoms with Gasteiger partial charge in [0.15, 0.2) is 5.82 Å². The molecule has 0 fully saturated rings. The van der Waals surface area contributed by atoms with Gasteiger partial charge in [-0.05, 0) is 23.8 Å². The lowest BCUT2D eigenvalue weighted by Crippen LogP contribution is -2.06. The average Bonchev–Trinajstić information content (AvgIpc) is 3.08. The lowest BCUT2D eigenvalue weighted by atomic mass is 10.1. The molecule has 0 unspecified atom stereocenters. The van der Waals surface area contributed by atoms with E-state index in [4.69, 9.17) is 4.74 Å². The van der Waals surface area contributed by atoms with Crippen molar-refractivity contribution in [2.24, 2.45) is 0 Å². The van der Waals surface area contributed by atoms with Crippen LogP contribution in [0, 0.1) is 5.82 Å². The van der Waals surface area contributed by atoms with E-state index < -0.39 is 17.6 Å². The third-order valence-corrected chi connectivity index (χ3v) is 4.41. The topological polar surface area (TPSA) is 62.8 Å². The van der Waals surface area contributed by atoms with Gasteiger partial charge in [0.2, 0.25) is 0 Å². The SMILES string of the molecule is Fc1c[nH]c2cc(Nc3cncc(OCCc4ccc(C(F)(F)F)cc4)c3)cnc12. The predicted molar refractivity (Wildman–Crippen MR) is 104 cm³/mol. The first-order chi connectivity index (χ1) is 14.4. The van der Waals surface area contributed by atoms with Crippen LogP contribution in [-0.2, 0) is 12.6 Å². The normalized spacial score (nSPS) is 11.6. The molecule has 0 radical (unpaired) electrons. The number of H-pyrrole nitrogens is 1. The molecule has 0 aliphatic carbocycles. The van der Waals surface area contributed by atoms with Crippen LogP contribution >= 0.6 is 0 Å². The van der Waals surface area contributed by atoms with E-state index in [2.05, 4.69) is 20.3 Å². The number of hydrogen-bond donors (Lipinski definition) is 2. The molecule has 0 amide bonds. The van der Waals surface area contributed by atoms with Crippen molar-refractivity contribution in [3.63, 3.8) is 0 Å². The van der Waals surface area contributed by atoms with Crippen LogP contribution in [0.5, 0.6) is 5.75 Å². The monoisotopic (exact) mass is 416 g/mol. The van der Waals surface area contributed by atoms with E-state index in [1.165, 1.54) is 24.5 Å². The Balaban J connectivity index is 1.36. The van der Waals surface area contributed by atoms with Crippen LogP contribution in [0.2, 0.25) is 0 Å². The second-order valence-electron chi connectivity index (χ2n) is 6.58. The highest BCUT2D eigenvalue weighted by Gasteiger charge is 2.29. The number of rotatable bonds is 6. The Hall–Kier alpha value is -3.62. The molecule has 3 aromatic heterocycles. The van der Waals surface area contributed by atoms with Crippen molar-refractivity contribution < 1.29 is 22.3 Å². The summed E-state index contributed by atoms with van der Waals surface area (Å²) >= 11 is 0. The molecular weight excluding hydrogens is 400 g/mol. The number of fused-ring (bicyclic) bond motifs is 1. The molecule has 5 nitrogen and oxygen atoms in total. The van der Waals surface area contributed by atoms with Crippen molar-refractivity contribution in [3.05, 3.63) is 78.1 Å². The number of nitrogens with one attached hydrogen (secondary N) is 2. The average molecular weight is 416 g/mol. The minimum Gasteiger partial charge on any atom is -0.492 e. The molecule has 30 heavy (non-hydrogen) atoms. The Labute approximate surface area is 168 Å². The lowest BCUT2D eigenvalue weighted by molar-refractivity contribution is -0.137. The van der Waals surface area contributed by atoms with Crippen LogP contribution in [0.4, 0.5) is 28.9 Å². The van der Waals surface area contributed by atoms with E-state index in [1.54, 1.807) is 24.5 Å². The summed E-state index contributed by atoms with van der Waals surface area (Å²) in [6.07, 6.45) is 2.01. The van der Waals surface area contributed by atoms with E-state index >= 15 is 0 Å². The molecule has 0 saturated heterocycles. The van der Waals surface area contributed by atoms with Gasteiger partial charge in [-0.2, -0.15) is 13.2 Å². The van der Waals surface area contributed by atoms with Gasteiger partial charge in [-0.15, -0.1) is 0 Å². The van der Waals surface area contributed by atoms with Crippen molar-refractivity contribution in [1.29, 1.82) is 0 Å². The largest absolute Gasteiger partial charge is 0.492 e. The Bertz CT molecular complexity index is 1160. The first-order valence-corrected chi connectivity index (χ1v) is 9.02. The highest BCUT2D eigenvalue weighted by molar-refractivity contribution is 5.80. The maximum absolute atomic E-state index is 13.5. The van der Waals surface area contributed by atoms with Gasteiger partial charge in [-0.3, -0.25) is 4.98 Å². The molecule has 4 aromatic rings. The summed E-state index contributed by atoms with van der Waals surface area (Å²) < 4.78 is 57.0. The smallest absolute Gasteiger partial charge is 0.416 e. The molecule has 9 heteroatoms. The second kappa shape index (κ2) is 8.02. The second-order valence-corrected chi connectivity index (χ2v) is 6.58. The van der Waals surface area contributed by atoms with Crippen LogP contribution in [-0.4, -0.2) is 21.6 Å². The van der Waals surface area contributed by atoms with Crippen LogP contribution in [0.3, 0.4) is 0 Å². The molecule has 0 spiro atoms. The molecular formula is C21H16F4N4O. The molecule has 154 valence electrons. The molecule has 0 atom stereocenters. The quantitative estimate of drug-likeness (QED) is 0.409. The van der Waals surface area contributed by atoms with Gasteiger partial charge in [0.1, 0.15) is 11.3 Å². The predicted octanol–water partition coefficient (Wildman–Crippen LogP) is 5.48. The fourth-order valence-corrected chi connectivity index (χ4v) is 2.92. The van der Waals surface area contributed by atoms with Crippen molar-refractivity contribution in [1.82, 2.24) is 15.0 Å². The highest BCUT2D eigenvalue weighted by Crippen LogP contribution is 2.29. The number of pyridine rings is 2. The molecule has 2 N–H and O–H groups in total. The van der Waals surface area contributed by atoms with Crippen molar-refractivity contribution in [2.45, 2.75) is 12.6 Å². The Kier molecular flexibility index (Phi) is 5.26. The van der Waals surface area contributed by atoms with Gasteiger partial charge < -0.3 is 15.0 Å². The van der Waals surface area contributed by atoms with Gasteiger partial charge >= 0.3 is 6.18 Å². The van der Waals surface area contributed by atoms with E-state index in [-0.39, 0.29) is 12.1 Å². The maximum atomic E-state index is 13.5. The third kappa shape index (κ3) is 4.51. The lowest BCUT2D eigenvalue weighted by Gasteiger charge is -2.10. The molecule has 0 saturated carbocycles. The molecule has 0 bridgehead atoms. The highest BCUT2D eigenvalue weighted by atomic mass is 19.4. The molecule has 0 aliphatic rings. The maximum Gasteiger partial charge on any atom is 0.416 e. The van der Waals surface area contributed by atoms with Crippen molar-refractivity contribution >= 4 is 22.4 Å². The van der Waals surface area contributed by atoms with Gasteiger partial charge in [0.25, 0.3) is 0 Å². The first-order valence-electron chi connectivity index (χ1n) is 9.02. The minimum atomic E-state index is -4.34. The Morgan fingerprint density at radius 1 is 1.00 bits per heavy atom. The zero-order valence-corrected chi connectivity index (χ0v) is 15.5. The Morgan fingerprint density at radius 2 is 1.77 bits per heavy atom. The van der Waals surface area contributed by atoms with Crippen LogP contribution in [0.1, 0.15) is 11.1 Å². The summed E-state index contributed by atoms with van der Waals surface area (Å²) in [6.45, 7) is 0.283. The summed E-state index contributed by atoms with van der Waals surface area (Å²) in [4.78, 5) is 11.0. The first kappa shape index (κ1) is 19.7. The van der Waals surface area contributed by atoms with Gasteiger partial charge in [-0.25, -0.2) is 9.37 Å².